The van der Waals surface area contributed by atoms with Crippen LogP contribution in [0.25, 0.3) is 0 Å². The van der Waals surface area contributed by atoms with Gasteiger partial charge in [-0.25, -0.2) is 0 Å². The van der Waals surface area contributed by atoms with Crippen LogP contribution in [0.15, 0.2) is 53.7 Å². The molecule has 24 heavy (non-hydrogen) atoms. The molecule has 0 amide bonds. The number of hydrogen-bond acceptors (Lipinski definition) is 5. The minimum Gasteiger partial charge on any atom is -0.489 e. The number of aryl methyl sites for hydroxylation is 1. The van der Waals surface area contributed by atoms with Crippen LogP contribution in [0.1, 0.15) is 16.7 Å². The van der Waals surface area contributed by atoms with Crippen molar-refractivity contribution in [2.45, 2.75) is 13.5 Å². The van der Waals surface area contributed by atoms with Crippen molar-refractivity contribution in [3.05, 3.63) is 65.2 Å². The lowest BCUT2D eigenvalue weighted by atomic mass is 10.0. The van der Waals surface area contributed by atoms with Crippen molar-refractivity contribution in [2.24, 2.45) is 5.16 Å². The average Bonchev–Trinajstić information content (AvgIpc) is 2.59. The first-order chi connectivity index (χ1) is 11.7. The third-order valence-electron chi connectivity index (χ3n) is 3.34. The number of hydroxylamine groups is 1. The Labute approximate surface area is 147 Å². The molecule has 126 valence electrons. The van der Waals surface area contributed by atoms with Gasteiger partial charge in [0.2, 0.25) is 0 Å². The Morgan fingerprint density at radius 1 is 1.08 bits per heavy atom. The summed E-state index contributed by atoms with van der Waals surface area (Å²) in [6.07, 6.45) is 0. The standard InChI is InChI=1S/C18H20N2O3S/c1-13-8-4-7-11-16(13)23-12-14-9-5-6-10-15(14)17(19-21-2)18(24)20-22-3/h4-11H,12H2,1-3H3,(H,20,24)/b19-17-. The zero-order valence-corrected chi connectivity index (χ0v) is 14.7. The topological polar surface area (TPSA) is 52.1 Å². The molecule has 2 rings (SSSR count). The monoisotopic (exact) mass is 344 g/mol. The van der Waals surface area contributed by atoms with E-state index in [0.717, 1.165) is 22.4 Å². The molecular weight excluding hydrogens is 324 g/mol. The SMILES string of the molecule is CO/N=C(\C(=S)NOC)c1ccccc1COc1ccccc1C. The molecule has 5 nitrogen and oxygen atoms in total. The summed E-state index contributed by atoms with van der Waals surface area (Å²) in [6.45, 7) is 2.40. The molecule has 0 saturated carbocycles. The molecule has 0 aromatic heterocycles. The van der Waals surface area contributed by atoms with Gasteiger partial charge in [-0.05, 0) is 24.1 Å². The summed E-state index contributed by atoms with van der Waals surface area (Å²) in [4.78, 5) is 10.1. The van der Waals surface area contributed by atoms with Crippen LogP contribution < -0.4 is 10.2 Å². The van der Waals surface area contributed by atoms with E-state index in [9.17, 15) is 0 Å². The van der Waals surface area contributed by atoms with Gasteiger partial charge in [-0.15, -0.1) is 0 Å². The van der Waals surface area contributed by atoms with E-state index in [-0.39, 0.29) is 0 Å². The molecule has 0 aliphatic rings. The van der Waals surface area contributed by atoms with E-state index in [2.05, 4.69) is 10.6 Å². The molecule has 0 aliphatic heterocycles. The fraction of sp³-hybridized carbons (Fsp3) is 0.222. The van der Waals surface area contributed by atoms with Crippen molar-refractivity contribution in [1.82, 2.24) is 5.48 Å². The van der Waals surface area contributed by atoms with E-state index in [1.807, 2.05) is 55.5 Å². The van der Waals surface area contributed by atoms with Gasteiger partial charge in [0.1, 0.15) is 25.2 Å². The maximum absolute atomic E-state index is 5.94. The second-order valence-corrected chi connectivity index (χ2v) is 5.38. The van der Waals surface area contributed by atoms with Crippen molar-refractivity contribution in [3.63, 3.8) is 0 Å². The second-order valence-electron chi connectivity index (χ2n) is 4.97. The highest BCUT2D eigenvalue weighted by Gasteiger charge is 2.15. The van der Waals surface area contributed by atoms with Crippen molar-refractivity contribution in [1.29, 1.82) is 0 Å². The number of benzene rings is 2. The number of hydrogen-bond donors (Lipinski definition) is 1. The lowest BCUT2D eigenvalue weighted by Gasteiger charge is -2.14. The van der Waals surface area contributed by atoms with Crippen LogP contribution in [0.2, 0.25) is 0 Å². The van der Waals surface area contributed by atoms with Gasteiger partial charge in [-0.2, -0.15) is 0 Å². The van der Waals surface area contributed by atoms with Crippen molar-refractivity contribution in [3.8, 4) is 5.75 Å². The predicted octanol–water partition coefficient (Wildman–Crippen LogP) is 3.40. The van der Waals surface area contributed by atoms with Crippen LogP contribution in [0, 0.1) is 6.92 Å². The third kappa shape index (κ3) is 4.53. The van der Waals surface area contributed by atoms with Crippen LogP contribution in [-0.4, -0.2) is 24.9 Å². The summed E-state index contributed by atoms with van der Waals surface area (Å²) >= 11 is 5.29. The number of para-hydroxylation sites is 1. The van der Waals surface area contributed by atoms with E-state index in [1.54, 1.807) is 0 Å². The molecule has 6 heteroatoms. The summed E-state index contributed by atoms with van der Waals surface area (Å²) in [5, 5.41) is 4.02. The van der Waals surface area contributed by atoms with E-state index in [1.165, 1.54) is 14.2 Å². The van der Waals surface area contributed by atoms with Gasteiger partial charge in [0.05, 0.1) is 7.11 Å². The number of nitrogens with one attached hydrogen (secondary N) is 1. The van der Waals surface area contributed by atoms with Crippen molar-refractivity contribution < 1.29 is 14.4 Å². The fourth-order valence-electron chi connectivity index (χ4n) is 2.20. The summed E-state index contributed by atoms with van der Waals surface area (Å²) < 4.78 is 5.94. The third-order valence-corrected chi connectivity index (χ3v) is 3.62. The number of nitrogens with zero attached hydrogens (tertiary/aromatic N) is 1. The summed E-state index contributed by atoms with van der Waals surface area (Å²) in [5.74, 6) is 0.843. The number of ether oxygens (including phenoxy) is 1. The van der Waals surface area contributed by atoms with Gasteiger partial charge in [0, 0.05) is 5.56 Å². The Morgan fingerprint density at radius 2 is 1.79 bits per heavy atom. The smallest absolute Gasteiger partial charge is 0.153 e. The van der Waals surface area contributed by atoms with Crippen LogP contribution in [0.5, 0.6) is 5.75 Å². The average molecular weight is 344 g/mol. The van der Waals surface area contributed by atoms with Gasteiger partial charge in [-0.3, -0.25) is 10.3 Å². The Bertz CT molecular complexity index is 732. The molecule has 0 fully saturated rings. The number of thiocarbonyl (C=S) groups is 1. The Balaban J connectivity index is 2.27. The molecular formula is C18H20N2O3S. The molecule has 0 spiro atoms. The molecule has 2 aromatic rings. The minimum atomic E-state index is 0.336. The molecule has 1 N–H and O–H groups in total. The molecule has 0 heterocycles. The summed E-state index contributed by atoms with van der Waals surface area (Å²) in [5.41, 5.74) is 5.95. The number of oxime groups is 1. The van der Waals surface area contributed by atoms with Gasteiger partial charge in [-0.1, -0.05) is 59.8 Å². The molecule has 0 atom stereocenters. The van der Waals surface area contributed by atoms with Gasteiger partial charge >= 0.3 is 0 Å². The Morgan fingerprint density at radius 3 is 2.50 bits per heavy atom. The molecule has 0 saturated heterocycles. The number of rotatable bonds is 7. The maximum atomic E-state index is 5.94. The van der Waals surface area contributed by atoms with Crippen molar-refractivity contribution in [2.75, 3.05) is 14.2 Å². The minimum absolute atomic E-state index is 0.336. The Kier molecular flexibility index (Phi) is 6.72. The normalized spacial score (nSPS) is 11.0. The lowest BCUT2D eigenvalue weighted by Crippen LogP contribution is -2.30. The largest absolute Gasteiger partial charge is 0.489 e. The predicted molar refractivity (Wildman–Crippen MR) is 98.2 cm³/mol. The molecule has 0 aliphatic carbocycles. The maximum Gasteiger partial charge on any atom is 0.153 e. The van der Waals surface area contributed by atoms with E-state index in [4.69, 9.17) is 26.6 Å². The highest BCUT2D eigenvalue weighted by molar-refractivity contribution is 7.82. The van der Waals surface area contributed by atoms with Gasteiger partial charge in [0.25, 0.3) is 0 Å². The van der Waals surface area contributed by atoms with E-state index in [0.29, 0.717) is 17.3 Å². The first-order valence-corrected chi connectivity index (χ1v) is 7.79. The quantitative estimate of drug-likeness (QED) is 0.474. The summed E-state index contributed by atoms with van der Waals surface area (Å²) in [7, 11) is 2.96. The molecule has 0 unspecified atom stereocenters. The zero-order chi connectivity index (χ0) is 17.4. The second kappa shape index (κ2) is 9.00. The van der Waals surface area contributed by atoms with Crippen LogP contribution in [-0.2, 0) is 16.3 Å². The van der Waals surface area contributed by atoms with E-state index >= 15 is 0 Å². The molecule has 0 bridgehead atoms. The lowest BCUT2D eigenvalue weighted by molar-refractivity contribution is 0.147. The van der Waals surface area contributed by atoms with Crippen LogP contribution in [0.3, 0.4) is 0 Å². The summed E-state index contributed by atoms with van der Waals surface area (Å²) in [6, 6.07) is 15.6. The zero-order valence-electron chi connectivity index (χ0n) is 13.9. The molecule has 2 aromatic carbocycles. The Hall–Kier alpha value is -2.44. The van der Waals surface area contributed by atoms with E-state index < -0.39 is 0 Å². The molecule has 0 radical (unpaired) electrons. The highest BCUT2D eigenvalue weighted by Crippen LogP contribution is 2.19. The van der Waals surface area contributed by atoms with Gasteiger partial charge in [0.15, 0.2) is 4.99 Å². The van der Waals surface area contributed by atoms with Gasteiger partial charge < -0.3 is 9.57 Å². The van der Waals surface area contributed by atoms with Crippen LogP contribution in [0.4, 0.5) is 0 Å². The van der Waals surface area contributed by atoms with Crippen molar-refractivity contribution >= 4 is 22.9 Å². The fourth-order valence-corrected chi connectivity index (χ4v) is 2.43. The first-order valence-electron chi connectivity index (χ1n) is 7.38. The highest BCUT2D eigenvalue weighted by atomic mass is 32.1. The first kappa shape index (κ1) is 17.9. The van der Waals surface area contributed by atoms with Crippen LogP contribution >= 0.6 is 12.2 Å².